The van der Waals surface area contributed by atoms with E-state index < -0.39 is 0 Å². The van der Waals surface area contributed by atoms with Crippen molar-refractivity contribution in [1.82, 2.24) is 15.1 Å². The molecular weight excluding hydrogens is 262 g/mol. The molecule has 1 aliphatic heterocycles. The summed E-state index contributed by atoms with van der Waals surface area (Å²) in [7, 11) is 0. The highest BCUT2D eigenvalue weighted by molar-refractivity contribution is 5.80. The number of benzene rings is 1. The second-order valence-corrected chi connectivity index (χ2v) is 6.21. The summed E-state index contributed by atoms with van der Waals surface area (Å²) in [6.45, 7) is 10.9. The number of carbonyl (C=O) groups is 1. The zero-order chi connectivity index (χ0) is 15.4. The zero-order valence-corrected chi connectivity index (χ0v) is 13.5. The molecule has 0 aliphatic carbocycles. The predicted octanol–water partition coefficient (Wildman–Crippen LogP) is 2.24. The van der Waals surface area contributed by atoms with Crippen molar-refractivity contribution in [3.05, 3.63) is 35.9 Å². The Balaban J connectivity index is 2.04. The first-order chi connectivity index (χ1) is 10.0. The van der Waals surface area contributed by atoms with E-state index in [4.69, 9.17) is 0 Å². The third kappa shape index (κ3) is 3.83. The van der Waals surface area contributed by atoms with Gasteiger partial charge in [-0.15, -0.1) is 0 Å². The van der Waals surface area contributed by atoms with Gasteiger partial charge in [-0.25, -0.2) is 0 Å². The zero-order valence-electron chi connectivity index (χ0n) is 13.5. The van der Waals surface area contributed by atoms with Crippen LogP contribution in [-0.2, 0) is 4.79 Å². The number of carbonyl (C=O) groups excluding carboxylic acids is 1. The van der Waals surface area contributed by atoms with Crippen LogP contribution in [0.25, 0.3) is 0 Å². The van der Waals surface area contributed by atoms with Gasteiger partial charge in [-0.05, 0) is 33.3 Å². The lowest BCUT2D eigenvalue weighted by Crippen LogP contribution is -2.43. The topological polar surface area (TPSA) is 35.6 Å². The molecule has 1 aromatic rings. The molecule has 1 aliphatic rings. The Hall–Kier alpha value is -1.39. The molecule has 21 heavy (non-hydrogen) atoms. The van der Waals surface area contributed by atoms with E-state index in [-0.39, 0.29) is 12.1 Å². The molecular formula is C17H27N3O. The number of hydrogen-bond acceptors (Lipinski definition) is 3. The van der Waals surface area contributed by atoms with E-state index in [1.54, 1.807) is 0 Å². The Bertz CT molecular complexity index is 450. The number of nitrogens with zero attached hydrogens (tertiary/aromatic N) is 2. The van der Waals surface area contributed by atoms with Crippen LogP contribution in [0.15, 0.2) is 30.3 Å². The van der Waals surface area contributed by atoms with Gasteiger partial charge in [0.15, 0.2) is 0 Å². The summed E-state index contributed by atoms with van der Waals surface area (Å²) < 4.78 is 0. The standard InChI is InChI=1S/C17H27N3O/c1-13(2)19(14(3)4)10-11-20-16(21)12-18-17(20)15-8-6-5-7-9-15/h5-9,13-14,17-18H,10-12H2,1-4H3. The average Bonchev–Trinajstić information content (AvgIpc) is 2.81. The molecule has 1 heterocycles. The maximum atomic E-state index is 12.2. The van der Waals surface area contributed by atoms with Gasteiger partial charge < -0.3 is 4.90 Å². The average molecular weight is 289 g/mol. The van der Waals surface area contributed by atoms with Crippen LogP contribution in [0.2, 0.25) is 0 Å². The van der Waals surface area contributed by atoms with Crippen molar-refractivity contribution in [1.29, 1.82) is 0 Å². The van der Waals surface area contributed by atoms with Gasteiger partial charge in [-0.3, -0.25) is 15.0 Å². The van der Waals surface area contributed by atoms with Gasteiger partial charge in [0, 0.05) is 25.2 Å². The summed E-state index contributed by atoms with van der Waals surface area (Å²) in [6, 6.07) is 11.2. The number of hydrogen-bond donors (Lipinski definition) is 1. The highest BCUT2D eigenvalue weighted by Gasteiger charge is 2.31. The molecule has 0 aromatic heterocycles. The van der Waals surface area contributed by atoms with Crippen molar-refractivity contribution in [2.75, 3.05) is 19.6 Å². The van der Waals surface area contributed by atoms with Crippen LogP contribution >= 0.6 is 0 Å². The quantitative estimate of drug-likeness (QED) is 0.872. The van der Waals surface area contributed by atoms with Crippen LogP contribution < -0.4 is 5.32 Å². The third-order valence-corrected chi connectivity index (χ3v) is 4.12. The molecule has 0 bridgehead atoms. The second kappa shape index (κ2) is 7.05. The maximum Gasteiger partial charge on any atom is 0.238 e. The number of rotatable bonds is 6. The van der Waals surface area contributed by atoms with Crippen molar-refractivity contribution in [3.8, 4) is 0 Å². The Morgan fingerprint density at radius 1 is 1.19 bits per heavy atom. The lowest BCUT2D eigenvalue weighted by molar-refractivity contribution is -0.128. The van der Waals surface area contributed by atoms with E-state index in [9.17, 15) is 4.79 Å². The van der Waals surface area contributed by atoms with Gasteiger partial charge in [0.05, 0.1) is 6.54 Å². The highest BCUT2D eigenvalue weighted by atomic mass is 16.2. The lowest BCUT2D eigenvalue weighted by atomic mass is 10.1. The van der Waals surface area contributed by atoms with E-state index in [0.29, 0.717) is 18.6 Å². The number of nitrogens with one attached hydrogen (secondary N) is 1. The van der Waals surface area contributed by atoms with Gasteiger partial charge in [0.1, 0.15) is 6.17 Å². The first-order valence-corrected chi connectivity index (χ1v) is 7.84. The molecule has 0 radical (unpaired) electrons. The fraction of sp³-hybridized carbons (Fsp3) is 0.588. The Labute approximate surface area is 128 Å². The third-order valence-electron chi connectivity index (χ3n) is 4.12. The lowest BCUT2D eigenvalue weighted by Gasteiger charge is -2.33. The summed E-state index contributed by atoms with van der Waals surface area (Å²) in [5, 5.41) is 3.31. The summed E-state index contributed by atoms with van der Waals surface area (Å²) in [6.07, 6.45) is 0.0138. The minimum atomic E-state index is 0.0138. The number of amides is 1. The van der Waals surface area contributed by atoms with Gasteiger partial charge in [-0.1, -0.05) is 30.3 Å². The van der Waals surface area contributed by atoms with Gasteiger partial charge in [0.25, 0.3) is 0 Å². The molecule has 1 saturated heterocycles. The fourth-order valence-corrected chi connectivity index (χ4v) is 3.06. The van der Waals surface area contributed by atoms with E-state index in [2.05, 4.69) is 50.0 Å². The SMILES string of the molecule is CC(C)N(CCN1C(=O)CNC1c1ccccc1)C(C)C. The van der Waals surface area contributed by atoms with E-state index in [0.717, 1.165) is 18.7 Å². The largest absolute Gasteiger partial charge is 0.321 e. The highest BCUT2D eigenvalue weighted by Crippen LogP contribution is 2.22. The van der Waals surface area contributed by atoms with Crippen LogP contribution in [0.5, 0.6) is 0 Å². The van der Waals surface area contributed by atoms with Gasteiger partial charge in [-0.2, -0.15) is 0 Å². The molecule has 1 amide bonds. The second-order valence-electron chi connectivity index (χ2n) is 6.21. The van der Waals surface area contributed by atoms with Crippen LogP contribution in [0, 0.1) is 0 Å². The Morgan fingerprint density at radius 2 is 1.81 bits per heavy atom. The molecule has 1 fully saturated rings. The fourth-order valence-electron chi connectivity index (χ4n) is 3.06. The van der Waals surface area contributed by atoms with Crippen LogP contribution in [0.1, 0.15) is 39.4 Å². The molecule has 1 atom stereocenters. The Morgan fingerprint density at radius 3 is 2.38 bits per heavy atom. The van der Waals surface area contributed by atoms with Crippen LogP contribution in [-0.4, -0.2) is 47.4 Å². The molecule has 1 aromatic carbocycles. The monoisotopic (exact) mass is 289 g/mol. The van der Waals surface area contributed by atoms with Crippen molar-refractivity contribution < 1.29 is 4.79 Å². The molecule has 0 spiro atoms. The first-order valence-electron chi connectivity index (χ1n) is 7.84. The smallest absolute Gasteiger partial charge is 0.238 e. The first kappa shape index (κ1) is 16.0. The molecule has 2 rings (SSSR count). The summed E-state index contributed by atoms with van der Waals surface area (Å²) in [4.78, 5) is 16.5. The van der Waals surface area contributed by atoms with Crippen LogP contribution in [0.4, 0.5) is 0 Å². The summed E-state index contributed by atoms with van der Waals surface area (Å²) in [5.41, 5.74) is 1.16. The minimum Gasteiger partial charge on any atom is -0.321 e. The minimum absolute atomic E-state index is 0.0138. The molecule has 1 unspecified atom stereocenters. The van der Waals surface area contributed by atoms with Crippen molar-refractivity contribution in [3.63, 3.8) is 0 Å². The van der Waals surface area contributed by atoms with E-state index in [1.165, 1.54) is 0 Å². The van der Waals surface area contributed by atoms with Crippen molar-refractivity contribution in [2.24, 2.45) is 0 Å². The molecule has 1 N–H and O–H groups in total. The van der Waals surface area contributed by atoms with Gasteiger partial charge >= 0.3 is 0 Å². The van der Waals surface area contributed by atoms with E-state index in [1.807, 2.05) is 23.1 Å². The Kier molecular flexibility index (Phi) is 5.37. The molecule has 4 heteroatoms. The molecule has 0 saturated carbocycles. The van der Waals surface area contributed by atoms with Crippen LogP contribution in [0.3, 0.4) is 0 Å². The normalized spacial score (nSPS) is 19.3. The molecule has 4 nitrogen and oxygen atoms in total. The predicted molar refractivity (Wildman–Crippen MR) is 85.9 cm³/mol. The van der Waals surface area contributed by atoms with Gasteiger partial charge in [0.2, 0.25) is 5.91 Å². The van der Waals surface area contributed by atoms with Crippen molar-refractivity contribution in [2.45, 2.75) is 45.9 Å². The maximum absolute atomic E-state index is 12.2. The molecule has 116 valence electrons. The summed E-state index contributed by atoms with van der Waals surface area (Å²) >= 11 is 0. The van der Waals surface area contributed by atoms with E-state index >= 15 is 0 Å². The summed E-state index contributed by atoms with van der Waals surface area (Å²) in [5.74, 6) is 0.191. The van der Waals surface area contributed by atoms with Crippen molar-refractivity contribution >= 4 is 5.91 Å².